The van der Waals surface area contributed by atoms with Gasteiger partial charge < -0.3 is 4.74 Å². The van der Waals surface area contributed by atoms with E-state index in [0.717, 1.165) is 11.1 Å². The van der Waals surface area contributed by atoms with Crippen molar-refractivity contribution in [3.8, 4) is 28.1 Å². The molecule has 0 aliphatic carbocycles. The number of nitrogens with one attached hydrogen (secondary N) is 1. The minimum atomic E-state index is -0.365. The van der Waals surface area contributed by atoms with Crippen molar-refractivity contribution in [2.24, 2.45) is 0 Å². The first kappa shape index (κ1) is 22.2. The van der Waals surface area contributed by atoms with Crippen molar-refractivity contribution in [1.82, 2.24) is 20.2 Å². The molecule has 5 aromatic rings. The van der Waals surface area contributed by atoms with Crippen LogP contribution in [-0.4, -0.2) is 33.2 Å². The zero-order valence-corrected chi connectivity index (χ0v) is 19.9. The normalized spacial score (nSPS) is 10.9. The lowest BCUT2D eigenvalue weighted by Crippen LogP contribution is -2.14. The number of hydrogen-bond donors (Lipinski definition) is 1. The highest BCUT2D eigenvalue weighted by atomic mass is 35.5. The first-order valence-electron chi connectivity index (χ1n) is 10.0. The van der Waals surface area contributed by atoms with Crippen molar-refractivity contribution >= 4 is 55.9 Å². The average Bonchev–Trinajstić information content (AvgIpc) is 3.25. The highest BCUT2D eigenvalue weighted by molar-refractivity contribution is 7.22. The number of ether oxygens (including phenoxy) is 1. The summed E-state index contributed by atoms with van der Waals surface area (Å²) in [7, 11) is 1.58. The second-order valence-corrected chi connectivity index (χ2v) is 8.96. The third-order valence-corrected chi connectivity index (χ3v) is 6.48. The molecule has 0 aliphatic heterocycles. The number of halogens is 2. The van der Waals surface area contributed by atoms with Gasteiger partial charge in [0.2, 0.25) is 0 Å². The van der Waals surface area contributed by atoms with Crippen LogP contribution < -0.4 is 10.1 Å². The van der Waals surface area contributed by atoms with Crippen LogP contribution in [0.5, 0.6) is 5.75 Å². The van der Waals surface area contributed by atoms with Crippen LogP contribution in [0.15, 0.2) is 67.0 Å². The van der Waals surface area contributed by atoms with Crippen LogP contribution in [0.4, 0.5) is 5.13 Å². The molecule has 5 rings (SSSR count). The van der Waals surface area contributed by atoms with Gasteiger partial charge in [-0.3, -0.25) is 10.1 Å². The first-order chi connectivity index (χ1) is 16.5. The summed E-state index contributed by atoms with van der Waals surface area (Å²) in [5.74, 6) is 0.262. The molecule has 1 N–H and O–H groups in total. The van der Waals surface area contributed by atoms with Gasteiger partial charge in [0, 0.05) is 21.7 Å². The van der Waals surface area contributed by atoms with Gasteiger partial charge in [-0.25, -0.2) is 9.97 Å². The number of amides is 1. The SMILES string of the molecule is COc1ccccc1-c1cnncc1C(=O)Nc1nc2ccc(-c3ccc(Cl)cc3Cl)nc2s1. The molecule has 0 aliphatic rings. The van der Waals surface area contributed by atoms with E-state index in [1.54, 1.807) is 19.2 Å². The van der Waals surface area contributed by atoms with Gasteiger partial charge in [0.05, 0.1) is 35.8 Å². The van der Waals surface area contributed by atoms with Crippen molar-refractivity contribution in [2.75, 3.05) is 12.4 Å². The summed E-state index contributed by atoms with van der Waals surface area (Å²) < 4.78 is 5.44. The minimum Gasteiger partial charge on any atom is -0.496 e. The summed E-state index contributed by atoms with van der Waals surface area (Å²) in [4.78, 5) is 23.0. The Morgan fingerprint density at radius 3 is 2.59 bits per heavy atom. The maximum Gasteiger partial charge on any atom is 0.259 e. The van der Waals surface area contributed by atoms with Crippen LogP contribution in [0.2, 0.25) is 10.0 Å². The molecule has 0 saturated heterocycles. The lowest BCUT2D eigenvalue weighted by Gasteiger charge is -2.11. The number of thiazole rings is 1. The van der Waals surface area contributed by atoms with Gasteiger partial charge in [-0.1, -0.05) is 52.7 Å². The number of aromatic nitrogens is 4. The van der Waals surface area contributed by atoms with E-state index in [2.05, 4.69) is 25.5 Å². The number of rotatable bonds is 5. The zero-order valence-electron chi connectivity index (χ0n) is 17.6. The maximum atomic E-state index is 13.1. The predicted octanol–water partition coefficient (Wildman–Crippen LogP) is 6.38. The average molecular weight is 508 g/mol. The number of carbonyl (C=O) groups excluding carboxylic acids is 1. The number of pyridine rings is 1. The second kappa shape index (κ2) is 9.34. The van der Waals surface area contributed by atoms with Gasteiger partial charge in [0.25, 0.3) is 5.91 Å². The molecule has 0 bridgehead atoms. The molecule has 0 spiro atoms. The fourth-order valence-corrected chi connectivity index (χ4v) is 4.80. The molecule has 1 amide bonds. The van der Waals surface area contributed by atoms with Crippen molar-refractivity contribution in [3.05, 3.63) is 82.6 Å². The standard InChI is InChI=1S/C24H15Cl2N5O2S/c1-33-21-5-3-2-4-14(21)16-11-27-28-12-17(16)22(32)31-24-30-20-9-8-19(29-23(20)34-24)15-7-6-13(25)10-18(15)26/h2-12H,1H3,(H,30,31,32). The Labute approximate surface area is 208 Å². The topological polar surface area (TPSA) is 89.9 Å². The summed E-state index contributed by atoms with van der Waals surface area (Å²) >= 11 is 13.6. The molecule has 7 nitrogen and oxygen atoms in total. The van der Waals surface area contributed by atoms with Crippen LogP contribution in [0.1, 0.15) is 10.4 Å². The van der Waals surface area contributed by atoms with Gasteiger partial charge in [-0.15, -0.1) is 0 Å². The molecule has 0 unspecified atom stereocenters. The monoisotopic (exact) mass is 507 g/mol. The smallest absolute Gasteiger partial charge is 0.259 e. The maximum absolute atomic E-state index is 13.1. The van der Waals surface area contributed by atoms with E-state index >= 15 is 0 Å². The number of nitrogens with zero attached hydrogens (tertiary/aromatic N) is 4. The number of hydrogen-bond acceptors (Lipinski definition) is 7. The summed E-state index contributed by atoms with van der Waals surface area (Å²) in [6, 6.07) is 16.3. The third-order valence-electron chi connectivity index (χ3n) is 5.06. The summed E-state index contributed by atoms with van der Waals surface area (Å²) in [5.41, 5.74) is 3.79. The van der Waals surface area contributed by atoms with Gasteiger partial charge in [-0.05, 0) is 36.4 Å². The molecule has 0 fully saturated rings. The van der Waals surface area contributed by atoms with Gasteiger partial charge >= 0.3 is 0 Å². The fraction of sp³-hybridized carbons (Fsp3) is 0.0417. The molecule has 3 heterocycles. The van der Waals surface area contributed by atoms with Crippen molar-refractivity contribution in [2.45, 2.75) is 0 Å². The van der Waals surface area contributed by atoms with Crippen molar-refractivity contribution < 1.29 is 9.53 Å². The van der Waals surface area contributed by atoms with Crippen LogP contribution in [-0.2, 0) is 0 Å². The van der Waals surface area contributed by atoms with E-state index in [-0.39, 0.29) is 5.91 Å². The second-order valence-electron chi connectivity index (χ2n) is 7.13. The van der Waals surface area contributed by atoms with Crippen molar-refractivity contribution in [3.63, 3.8) is 0 Å². The summed E-state index contributed by atoms with van der Waals surface area (Å²) in [6.45, 7) is 0. The Bertz CT molecular complexity index is 1540. The van der Waals surface area contributed by atoms with E-state index in [9.17, 15) is 4.79 Å². The quantitative estimate of drug-likeness (QED) is 0.296. The molecular weight excluding hydrogens is 493 g/mol. The van der Waals surface area contributed by atoms with Crippen LogP contribution in [0.3, 0.4) is 0 Å². The Morgan fingerprint density at radius 2 is 1.76 bits per heavy atom. The number of fused-ring (bicyclic) bond motifs is 1. The molecular formula is C24H15Cl2N5O2S. The largest absolute Gasteiger partial charge is 0.496 e. The van der Waals surface area contributed by atoms with Crippen LogP contribution in [0.25, 0.3) is 32.7 Å². The number of anilines is 1. The van der Waals surface area contributed by atoms with Gasteiger partial charge in [0.1, 0.15) is 16.1 Å². The Balaban J connectivity index is 1.46. The predicted molar refractivity (Wildman–Crippen MR) is 135 cm³/mol. The number of benzene rings is 2. The molecule has 0 saturated carbocycles. The minimum absolute atomic E-state index is 0.348. The summed E-state index contributed by atoms with van der Waals surface area (Å²) in [5, 5.41) is 12.2. The highest BCUT2D eigenvalue weighted by Crippen LogP contribution is 2.34. The van der Waals surface area contributed by atoms with E-state index in [0.29, 0.717) is 48.1 Å². The lowest BCUT2D eigenvalue weighted by atomic mass is 10.0. The number of carbonyl (C=O) groups is 1. The van der Waals surface area contributed by atoms with Gasteiger partial charge in [-0.2, -0.15) is 10.2 Å². The molecule has 10 heteroatoms. The fourth-order valence-electron chi connectivity index (χ4n) is 3.47. The van der Waals surface area contributed by atoms with E-state index in [1.807, 2.05) is 42.5 Å². The van der Waals surface area contributed by atoms with E-state index in [1.165, 1.54) is 23.7 Å². The van der Waals surface area contributed by atoms with E-state index in [4.69, 9.17) is 27.9 Å². The first-order valence-corrected chi connectivity index (χ1v) is 11.6. The van der Waals surface area contributed by atoms with Crippen LogP contribution in [0, 0.1) is 0 Å². The number of para-hydroxylation sites is 1. The van der Waals surface area contributed by atoms with Crippen molar-refractivity contribution in [1.29, 1.82) is 0 Å². The van der Waals surface area contributed by atoms with E-state index < -0.39 is 0 Å². The molecule has 168 valence electrons. The molecule has 0 radical (unpaired) electrons. The Kier molecular flexibility index (Phi) is 6.10. The Morgan fingerprint density at radius 1 is 0.941 bits per heavy atom. The number of methoxy groups -OCH3 is 1. The molecule has 3 aromatic heterocycles. The summed E-state index contributed by atoms with van der Waals surface area (Å²) in [6.07, 6.45) is 2.96. The third kappa shape index (κ3) is 4.31. The Hall–Kier alpha value is -3.59. The van der Waals surface area contributed by atoms with Gasteiger partial charge in [0.15, 0.2) is 5.13 Å². The molecule has 0 atom stereocenters. The molecule has 34 heavy (non-hydrogen) atoms. The highest BCUT2D eigenvalue weighted by Gasteiger charge is 2.18. The van der Waals surface area contributed by atoms with Crippen LogP contribution >= 0.6 is 34.5 Å². The lowest BCUT2D eigenvalue weighted by molar-refractivity contribution is 0.102. The zero-order chi connectivity index (χ0) is 23.7. The molecule has 2 aromatic carbocycles.